The molecule has 2 rings (SSSR count). The van der Waals surface area contributed by atoms with Crippen molar-refractivity contribution in [3.63, 3.8) is 0 Å². The molecule has 0 radical (unpaired) electrons. The Bertz CT molecular complexity index is 596. The number of aromatic nitrogens is 1. The van der Waals surface area contributed by atoms with E-state index in [1.165, 1.54) is 13.8 Å². The van der Waals surface area contributed by atoms with Gasteiger partial charge in [-0.1, -0.05) is 12.1 Å². The lowest BCUT2D eigenvalue weighted by atomic mass is 10.0. The van der Waals surface area contributed by atoms with Crippen LogP contribution in [0.1, 0.15) is 34.6 Å². The van der Waals surface area contributed by atoms with Crippen LogP contribution in [-0.4, -0.2) is 16.6 Å². The number of carbonyl (C=O) groups excluding carboxylic acids is 2. The summed E-state index contributed by atoms with van der Waals surface area (Å²) in [6, 6.07) is 5.26. The predicted octanol–water partition coefficient (Wildman–Crippen LogP) is 2.16. The molecule has 1 aromatic carbocycles. The van der Waals surface area contributed by atoms with Gasteiger partial charge < -0.3 is 10.7 Å². The van der Waals surface area contributed by atoms with Gasteiger partial charge in [-0.3, -0.25) is 9.59 Å². The Labute approximate surface area is 92.4 Å². The largest absolute Gasteiger partial charge is 0.385 e. The van der Waals surface area contributed by atoms with Crippen LogP contribution in [0.4, 0.5) is 5.82 Å². The Hall–Kier alpha value is -2.10. The Morgan fingerprint density at radius 3 is 2.44 bits per heavy atom. The van der Waals surface area contributed by atoms with Gasteiger partial charge in [-0.15, -0.1) is 0 Å². The van der Waals surface area contributed by atoms with Gasteiger partial charge in [-0.25, -0.2) is 0 Å². The average Bonchev–Trinajstić information content (AvgIpc) is 2.52. The first kappa shape index (κ1) is 10.4. The van der Waals surface area contributed by atoms with Crippen molar-refractivity contribution in [3.05, 3.63) is 29.3 Å². The predicted molar refractivity (Wildman–Crippen MR) is 62.7 cm³/mol. The normalized spacial score (nSPS) is 10.6. The molecule has 0 bridgehead atoms. The second-order valence-electron chi connectivity index (χ2n) is 3.75. The summed E-state index contributed by atoms with van der Waals surface area (Å²) in [4.78, 5) is 25.9. The van der Waals surface area contributed by atoms with Crippen LogP contribution in [-0.2, 0) is 0 Å². The molecule has 4 nitrogen and oxygen atoms in total. The zero-order chi connectivity index (χ0) is 11.9. The zero-order valence-electron chi connectivity index (χ0n) is 9.13. The van der Waals surface area contributed by atoms with Crippen LogP contribution in [0.15, 0.2) is 18.2 Å². The van der Waals surface area contributed by atoms with Crippen LogP contribution in [0.3, 0.4) is 0 Å². The number of fused-ring (bicyclic) bond motifs is 1. The van der Waals surface area contributed by atoms with Gasteiger partial charge in [0.05, 0.1) is 5.56 Å². The van der Waals surface area contributed by atoms with Crippen molar-refractivity contribution >= 4 is 28.3 Å². The lowest BCUT2D eigenvalue weighted by Gasteiger charge is -2.00. The third-order valence-electron chi connectivity index (χ3n) is 2.58. The molecule has 0 amide bonds. The van der Waals surface area contributed by atoms with E-state index in [-0.39, 0.29) is 11.6 Å². The lowest BCUT2D eigenvalue weighted by Crippen LogP contribution is -2.00. The van der Waals surface area contributed by atoms with Crippen LogP contribution in [0.5, 0.6) is 0 Å². The number of ketones is 2. The molecule has 0 fully saturated rings. The lowest BCUT2D eigenvalue weighted by molar-refractivity contribution is 0.101. The highest BCUT2D eigenvalue weighted by Crippen LogP contribution is 2.28. The van der Waals surface area contributed by atoms with Crippen molar-refractivity contribution in [1.29, 1.82) is 0 Å². The number of anilines is 1. The topological polar surface area (TPSA) is 75.9 Å². The van der Waals surface area contributed by atoms with Gasteiger partial charge in [0.25, 0.3) is 0 Å². The summed E-state index contributed by atoms with van der Waals surface area (Å²) >= 11 is 0. The molecular weight excluding hydrogens is 204 g/mol. The number of hydrogen-bond donors (Lipinski definition) is 2. The summed E-state index contributed by atoms with van der Waals surface area (Å²) in [6.45, 7) is 2.91. The zero-order valence-corrected chi connectivity index (χ0v) is 9.13. The van der Waals surface area contributed by atoms with Gasteiger partial charge in [-0.2, -0.15) is 0 Å². The minimum Gasteiger partial charge on any atom is -0.385 e. The van der Waals surface area contributed by atoms with Crippen LogP contribution < -0.4 is 5.73 Å². The van der Waals surface area contributed by atoms with E-state index in [1.54, 1.807) is 18.2 Å². The maximum Gasteiger partial charge on any atom is 0.164 e. The quantitative estimate of drug-likeness (QED) is 0.755. The summed E-state index contributed by atoms with van der Waals surface area (Å²) in [5.41, 5.74) is 7.38. The molecule has 16 heavy (non-hydrogen) atoms. The van der Waals surface area contributed by atoms with E-state index in [1.807, 2.05) is 0 Å². The summed E-state index contributed by atoms with van der Waals surface area (Å²) in [7, 11) is 0. The van der Waals surface area contributed by atoms with E-state index in [2.05, 4.69) is 4.98 Å². The fraction of sp³-hybridized carbons (Fsp3) is 0.167. The van der Waals surface area contributed by atoms with Crippen LogP contribution >= 0.6 is 0 Å². The van der Waals surface area contributed by atoms with Gasteiger partial charge >= 0.3 is 0 Å². The number of H-pyrrole nitrogens is 1. The molecule has 0 unspecified atom stereocenters. The molecule has 0 saturated carbocycles. The monoisotopic (exact) mass is 216 g/mol. The van der Waals surface area contributed by atoms with Crippen LogP contribution in [0, 0.1) is 0 Å². The molecule has 0 saturated heterocycles. The Morgan fingerprint density at radius 2 is 1.88 bits per heavy atom. The number of Topliss-reactive ketones (excluding diaryl/α,β-unsaturated/α-hetero) is 2. The van der Waals surface area contributed by atoms with Crippen molar-refractivity contribution in [2.45, 2.75) is 13.8 Å². The first-order chi connectivity index (χ1) is 7.52. The number of nitrogens with two attached hydrogens (primary N) is 1. The summed E-state index contributed by atoms with van der Waals surface area (Å²) in [5, 5.41) is 0.625. The molecule has 4 heteroatoms. The number of aromatic amines is 1. The van der Waals surface area contributed by atoms with Crippen LogP contribution in [0.25, 0.3) is 10.9 Å². The fourth-order valence-corrected chi connectivity index (χ4v) is 1.93. The van der Waals surface area contributed by atoms with E-state index < -0.39 is 0 Å². The molecule has 0 spiro atoms. The van der Waals surface area contributed by atoms with E-state index >= 15 is 0 Å². The average molecular weight is 216 g/mol. The third kappa shape index (κ3) is 1.39. The van der Waals surface area contributed by atoms with Gasteiger partial charge in [0.15, 0.2) is 11.6 Å². The number of benzene rings is 1. The van der Waals surface area contributed by atoms with E-state index in [0.29, 0.717) is 22.3 Å². The Balaban J connectivity index is 2.94. The van der Waals surface area contributed by atoms with Gasteiger partial charge in [0, 0.05) is 16.5 Å². The van der Waals surface area contributed by atoms with Crippen molar-refractivity contribution in [3.8, 4) is 0 Å². The molecule has 2 aromatic rings. The minimum absolute atomic E-state index is 0.0768. The molecular formula is C12H12N2O2. The SMILES string of the molecule is CC(=O)c1cccc2[nH]c(N)c(C(C)=O)c12. The third-order valence-corrected chi connectivity index (χ3v) is 2.58. The highest BCUT2D eigenvalue weighted by atomic mass is 16.1. The molecule has 0 atom stereocenters. The minimum atomic E-state index is -0.141. The Morgan fingerprint density at radius 1 is 1.19 bits per heavy atom. The van der Waals surface area contributed by atoms with Crippen molar-refractivity contribution in [2.75, 3.05) is 5.73 Å². The van der Waals surface area contributed by atoms with E-state index in [9.17, 15) is 9.59 Å². The molecule has 0 aliphatic carbocycles. The van der Waals surface area contributed by atoms with Crippen molar-refractivity contribution in [1.82, 2.24) is 4.98 Å². The molecule has 82 valence electrons. The first-order valence-corrected chi connectivity index (χ1v) is 4.94. The smallest absolute Gasteiger partial charge is 0.164 e. The van der Waals surface area contributed by atoms with E-state index in [4.69, 9.17) is 5.73 Å². The molecule has 1 aromatic heterocycles. The maximum absolute atomic E-state index is 11.5. The van der Waals surface area contributed by atoms with Gasteiger partial charge in [0.1, 0.15) is 5.82 Å². The fourth-order valence-electron chi connectivity index (χ4n) is 1.93. The van der Waals surface area contributed by atoms with Gasteiger partial charge in [0.2, 0.25) is 0 Å². The molecule has 0 aliphatic heterocycles. The van der Waals surface area contributed by atoms with E-state index in [0.717, 1.165) is 5.52 Å². The standard InChI is InChI=1S/C12H12N2O2/c1-6(15)8-4-3-5-9-11(8)10(7(2)16)12(13)14-9/h3-5,14H,13H2,1-2H3. The molecule has 1 heterocycles. The summed E-state index contributed by atoms with van der Waals surface area (Å²) in [6.07, 6.45) is 0. The Kier molecular flexibility index (Phi) is 2.27. The maximum atomic E-state index is 11.5. The number of nitrogen functional groups attached to an aromatic ring is 1. The highest BCUT2D eigenvalue weighted by Gasteiger charge is 2.17. The molecule has 3 N–H and O–H groups in total. The number of rotatable bonds is 2. The summed E-state index contributed by atoms with van der Waals surface area (Å²) < 4.78 is 0. The molecule has 0 aliphatic rings. The second kappa shape index (κ2) is 3.48. The van der Waals surface area contributed by atoms with Gasteiger partial charge in [-0.05, 0) is 19.9 Å². The van der Waals surface area contributed by atoms with Crippen molar-refractivity contribution < 1.29 is 9.59 Å². The second-order valence-corrected chi connectivity index (χ2v) is 3.75. The van der Waals surface area contributed by atoms with Crippen LogP contribution in [0.2, 0.25) is 0 Å². The number of hydrogen-bond acceptors (Lipinski definition) is 3. The number of nitrogens with one attached hydrogen (secondary N) is 1. The summed E-state index contributed by atoms with van der Waals surface area (Å²) in [5.74, 6) is 0.0979. The van der Waals surface area contributed by atoms with Crippen molar-refractivity contribution in [2.24, 2.45) is 0 Å². The first-order valence-electron chi connectivity index (χ1n) is 4.94. The highest BCUT2D eigenvalue weighted by molar-refractivity contribution is 6.18. The number of carbonyl (C=O) groups is 2.